The summed E-state index contributed by atoms with van der Waals surface area (Å²) in [5.74, 6) is -2.53. The van der Waals surface area contributed by atoms with Crippen LogP contribution in [0, 0.1) is 12.7 Å². The van der Waals surface area contributed by atoms with E-state index in [1.165, 1.54) is 5.56 Å². The zero-order chi connectivity index (χ0) is 25.6. The molecule has 0 bridgehead atoms. The Labute approximate surface area is 209 Å². The molecule has 1 aliphatic rings. The van der Waals surface area contributed by atoms with Crippen molar-refractivity contribution < 1.29 is 22.7 Å². The molecule has 5 rings (SSSR count). The number of halogens is 5. The number of hydrogen-bond donors (Lipinski definition) is 2. The largest absolute Gasteiger partial charge is 0.504 e. The summed E-state index contributed by atoms with van der Waals surface area (Å²) in [6.07, 6.45) is -4.03. The van der Waals surface area contributed by atoms with Gasteiger partial charge in [-0.3, -0.25) is 0 Å². The Morgan fingerprint density at radius 3 is 2.61 bits per heavy atom. The third-order valence-corrected chi connectivity index (χ3v) is 6.92. The van der Waals surface area contributed by atoms with Gasteiger partial charge in [-0.2, -0.15) is 18.3 Å². The van der Waals surface area contributed by atoms with Crippen molar-refractivity contribution in [1.29, 1.82) is 0 Å². The molecule has 2 N–H and O–H groups in total. The topological polar surface area (TPSA) is 53.3 Å². The minimum absolute atomic E-state index is 0.203. The van der Waals surface area contributed by atoms with Crippen LogP contribution in [0.25, 0.3) is 16.6 Å². The van der Waals surface area contributed by atoms with E-state index in [2.05, 4.69) is 27.4 Å². The Morgan fingerprint density at radius 1 is 1.14 bits per heavy atom. The second kappa shape index (κ2) is 9.29. The minimum Gasteiger partial charge on any atom is -0.504 e. The molecule has 4 aromatic rings. The van der Waals surface area contributed by atoms with Crippen molar-refractivity contribution in [3.05, 3.63) is 82.3 Å². The highest BCUT2D eigenvalue weighted by Gasteiger charge is 2.37. The van der Waals surface area contributed by atoms with Gasteiger partial charge >= 0.3 is 6.18 Å². The monoisotopic (exact) mass is 518 g/mol. The van der Waals surface area contributed by atoms with Crippen molar-refractivity contribution >= 4 is 28.2 Å². The predicted octanol–water partition coefficient (Wildman–Crippen LogP) is 5.87. The fraction of sp³-hybridized carbons (Fsp3) is 0.269. The number of phenols is 1. The van der Waals surface area contributed by atoms with Gasteiger partial charge < -0.3 is 15.3 Å². The summed E-state index contributed by atoms with van der Waals surface area (Å²) in [6, 6.07) is 16.5. The van der Waals surface area contributed by atoms with Crippen molar-refractivity contribution in [3.8, 4) is 11.4 Å². The number of aromatic nitrogens is 2. The molecule has 5 nitrogen and oxygen atoms in total. The molecule has 0 aliphatic carbocycles. The molecule has 0 unspecified atom stereocenters. The number of aromatic hydroxyl groups is 1. The highest BCUT2D eigenvalue weighted by molar-refractivity contribution is 6.33. The number of hydrogen-bond acceptors (Lipinski definition) is 4. The van der Waals surface area contributed by atoms with E-state index < -0.39 is 34.0 Å². The number of piperazine rings is 1. The van der Waals surface area contributed by atoms with Crippen LogP contribution in [0.15, 0.2) is 54.6 Å². The van der Waals surface area contributed by atoms with Gasteiger partial charge in [0, 0.05) is 36.7 Å². The van der Waals surface area contributed by atoms with E-state index in [1.54, 1.807) is 13.0 Å². The van der Waals surface area contributed by atoms with Crippen molar-refractivity contribution in [2.24, 2.45) is 0 Å². The number of rotatable bonds is 4. The normalized spacial score (nSPS) is 16.6. The number of phenolic OH excluding ortho intramolecular Hbond substituents is 1. The molecule has 36 heavy (non-hydrogen) atoms. The van der Waals surface area contributed by atoms with Crippen LogP contribution in [0.4, 0.5) is 23.2 Å². The summed E-state index contributed by atoms with van der Waals surface area (Å²) in [5, 5.41) is 17.3. The summed E-state index contributed by atoms with van der Waals surface area (Å²) in [5.41, 5.74) is 1.24. The molecule has 1 aliphatic heterocycles. The lowest BCUT2D eigenvalue weighted by atomic mass is 10.0. The standard InChI is InChI=1S/C26H23ClF4N4O/c1-15-19-12-17(34-10-9-32-14-18(34)11-16-5-3-2-4-6-16)7-8-21(19)35(33-15)22-13-20(26(29,30)31)23(27)25(36)24(22)28/h2-8,12-13,18,32,36H,9-11,14H2,1H3/t18-/m1/s1. The van der Waals surface area contributed by atoms with Gasteiger partial charge in [0.05, 0.1) is 21.8 Å². The summed E-state index contributed by atoms with van der Waals surface area (Å²) < 4.78 is 56.4. The van der Waals surface area contributed by atoms with Gasteiger partial charge in [-0.1, -0.05) is 41.9 Å². The molecule has 1 atom stereocenters. The fourth-order valence-electron chi connectivity index (χ4n) is 4.76. The van der Waals surface area contributed by atoms with Crippen molar-refractivity contribution in [2.75, 3.05) is 24.5 Å². The predicted molar refractivity (Wildman–Crippen MR) is 132 cm³/mol. The lowest BCUT2D eigenvalue weighted by molar-refractivity contribution is -0.137. The van der Waals surface area contributed by atoms with Crippen LogP contribution in [0.3, 0.4) is 0 Å². The van der Waals surface area contributed by atoms with Gasteiger partial charge in [-0.25, -0.2) is 9.07 Å². The van der Waals surface area contributed by atoms with Gasteiger partial charge in [0.2, 0.25) is 0 Å². The highest BCUT2D eigenvalue weighted by Crippen LogP contribution is 2.43. The Bertz CT molecular complexity index is 1420. The maximum atomic E-state index is 14.9. The highest BCUT2D eigenvalue weighted by atomic mass is 35.5. The van der Waals surface area contributed by atoms with Gasteiger partial charge in [-0.05, 0) is 43.2 Å². The number of fused-ring (bicyclic) bond motifs is 1. The number of nitrogens with zero attached hydrogens (tertiary/aromatic N) is 3. The first-order chi connectivity index (χ1) is 17.1. The third kappa shape index (κ3) is 4.37. The quantitative estimate of drug-likeness (QED) is 0.332. The Kier molecular flexibility index (Phi) is 6.30. The first-order valence-corrected chi connectivity index (χ1v) is 11.8. The van der Waals surface area contributed by atoms with Gasteiger partial charge in [0.25, 0.3) is 0 Å². The Morgan fingerprint density at radius 2 is 1.89 bits per heavy atom. The molecule has 0 saturated carbocycles. The first-order valence-electron chi connectivity index (χ1n) is 11.4. The smallest absolute Gasteiger partial charge is 0.418 e. The molecule has 1 fully saturated rings. The van der Waals surface area contributed by atoms with E-state index in [0.29, 0.717) is 22.7 Å². The first kappa shape index (κ1) is 24.4. The second-order valence-electron chi connectivity index (χ2n) is 8.86. The minimum atomic E-state index is -4.88. The molecular formula is C26H23ClF4N4O. The third-order valence-electron chi connectivity index (χ3n) is 6.54. The zero-order valence-electron chi connectivity index (χ0n) is 19.3. The fourth-order valence-corrected chi connectivity index (χ4v) is 5.00. The van der Waals surface area contributed by atoms with Crippen LogP contribution in [0.5, 0.6) is 5.75 Å². The lowest BCUT2D eigenvalue weighted by Crippen LogP contribution is -2.52. The van der Waals surface area contributed by atoms with Gasteiger partial charge in [-0.15, -0.1) is 0 Å². The lowest BCUT2D eigenvalue weighted by Gasteiger charge is -2.38. The van der Waals surface area contributed by atoms with Crippen LogP contribution in [0.2, 0.25) is 5.02 Å². The molecule has 3 aromatic carbocycles. The Balaban J connectivity index is 1.56. The molecular weight excluding hydrogens is 496 g/mol. The molecule has 10 heteroatoms. The average molecular weight is 519 g/mol. The number of aryl methyl sites for hydroxylation is 1. The summed E-state index contributed by atoms with van der Waals surface area (Å²) in [4.78, 5) is 2.30. The second-order valence-corrected chi connectivity index (χ2v) is 9.24. The maximum Gasteiger partial charge on any atom is 0.418 e. The summed E-state index contributed by atoms with van der Waals surface area (Å²) in [7, 11) is 0. The van der Waals surface area contributed by atoms with Crippen molar-refractivity contribution in [1.82, 2.24) is 15.1 Å². The number of anilines is 1. The molecule has 0 radical (unpaired) electrons. The molecule has 2 heterocycles. The molecule has 0 amide bonds. The molecule has 188 valence electrons. The van der Waals surface area contributed by atoms with E-state index in [9.17, 15) is 22.7 Å². The van der Waals surface area contributed by atoms with Crippen LogP contribution in [0.1, 0.15) is 16.8 Å². The SMILES string of the molecule is Cc1nn(-c2cc(C(F)(F)F)c(Cl)c(O)c2F)c2ccc(N3CCNC[C@H]3Cc3ccccc3)cc12. The van der Waals surface area contributed by atoms with E-state index in [0.717, 1.165) is 36.4 Å². The maximum absolute atomic E-state index is 14.9. The van der Waals surface area contributed by atoms with Gasteiger partial charge in [0.1, 0.15) is 5.69 Å². The average Bonchev–Trinajstić information content (AvgIpc) is 3.18. The summed E-state index contributed by atoms with van der Waals surface area (Å²) in [6.45, 7) is 4.11. The Hall–Kier alpha value is -3.30. The van der Waals surface area contributed by atoms with Crippen LogP contribution >= 0.6 is 11.6 Å². The van der Waals surface area contributed by atoms with Crippen LogP contribution in [-0.2, 0) is 12.6 Å². The van der Waals surface area contributed by atoms with Crippen molar-refractivity contribution in [2.45, 2.75) is 25.6 Å². The summed E-state index contributed by atoms with van der Waals surface area (Å²) >= 11 is 5.59. The molecule has 1 saturated heterocycles. The van der Waals surface area contributed by atoms with E-state index in [-0.39, 0.29) is 6.04 Å². The molecule has 0 spiro atoms. The van der Waals surface area contributed by atoms with E-state index in [4.69, 9.17) is 11.6 Å². The van der Waals surface area contributed by atoms with E-state index in [1.807, 2.05) is 30.3 Å². The van der Waals surface area contributed by atoms with Gasteiger partial charge in [0.15, 0.2) is 11.6 Å². The van der Waals surface area contributed by atoms with Crippen LogP contribution < -0.4 is 10.2 Å². The molecule has 1 aromatic heterocycles. The van der Waals surface area contributed by atoms with Crippen molar-refractivity contribution in [3.63, 3.8) is 0 Å². The van der Waals surface area contributed by atoms with Crippen LogP contribution in [-0.4, -0.2) is 40.6 Å². The number of nitrogens with one attached hydrogen (secondary N) is 1. The number of alkyl halides is 3. The zero-order valence-corrected chi connectivity index (χ0v) is 20.0. The number of benzene rings is 3. The van der Waals surface area contributed by atoms with E-state index >= 15 is 0 Å².